The Bertz CT molecular complexity index is 1080. The predicted molar refractivity (Wildman–Crippen MR) is 128 cm³/mol. The lowest BCUT2D eigenvalue weighted by Crippen LogP contribution is -2.54. The second kappa shape index (κ2) is 9.20. The normalized spacial score (nSPS) is 17.4. The van der Waals surface area contributed by atoms with E-state index < -0.39 is 5.91 Å². The molecule has 4 rings (SSSR count). The van der Waals surface area contributed by atoms with Crippen molar-refractivity contribution in [2.24, 2.45) is 0 Å². The number of fused-ring (bicyclic) bond motifs is 1. The smallest absolute Gasteiger partial charge is 0.265 e. The third-order valence-electron chi connectivity index (χ3n) is 5.65. The van der Waals surface area contributed by atoms with Gasteiger partial charge in [-0.05, 0) is 66.0 Å². The summed E-state index contributed by atoms with van der Waals surface area (Å²) in [5.41, 5.74) is 4.40. The quantitative estimate of drug-likeness (QED) is 0.402. The van der Waals surface area contributed by atoms with Gasteiger partial charge in [-0.2, -0.15) is 0 Å². The molecule has 0 radical (unpaired) electrons. The van der Waals surface area contributed by atoms with Crippen LogP contribution in [0.5, 0.6) is 0 Å². The second-order valence-corrected chi connectivity index (χ2v) is 8.57. The van der Waals surface area contributed by atoms with E-state index in [1.807, 2.05) is 37.3 Å². The number of rotatable bonds is 6. The summed E-state index contributed by atoms with van der Waals surface area (Å²) in [5.74, 6) is -0.772. The molecule has 160 valence electrons. The third-order valence-corrected chi connectivity index (χ3v) is 6.34. The molecule has 7 heteroatoms. The minimum Gasteiger partial charge on any atom is -0.367 e. The Morgan fingerprint density at radius 3 is 2.77 bits per heavy atom. The van der Waals surface area contributed by atoms with Crippen molar-refractivity contribution in [3.63, 3.8) is 0 Å². The van der Waals surface area contributed by atoms with Crippen molar-refractivity contribution in [2.75, 3.05) is 18.0 Å². The van der Waals surface area contributed by atoms with Crippen LogP contribution >= 0.6 is 23.8 Å². The molecular formula is C24H24ClN3O2S. The van der Waals surface area contributed by atoms with Gasteiger partial charge in [0, 0.05) is 30.3 Å². The summed E-state index contributed by atoms with van der Waals surface area (Å²) in [7, 11) is 0. The molecule has 0 saturated carbocycles. The maximum atomic E-state index is 12.9. The average Bonchev–Trinajstić information content (AvgIpc) is 3.14. The molecular weight excluding hydrogens is 430 g/mol. The summed E-state index contributed by atoms with van der Waals surface area (Å²) >= 11 is 11.5. The van der Waals surface area contributed by atoms with E-state index in [4.69, 9.17) is 23.8 Å². The number of nitrogens with one attached hydrogen (secondary N) is 1. The van der Waals surface area contributed by atoms with Gasteiger partial charge in [0.1, 0.15) is 5.57 Å². The van der Waals surface area contributed by atoms with E-state index in [1.165, 1.54) is 10.5 Å². The predicted octanol–water partition coefficient (Wildman–Crippen LogP) is 4.33. The van der Waals surface area contributed by atoms with Crippen LogP contribution in [0.25, 0.3) is 6.08 Å². The first-order valence-corrected chi connectivity index (χ1v) is 11.3. The lowest BCUT2D eigenvalue weighted by atomic mass is 10.0. The number of benzene rings is 2. The molecule has 2 heterocycles. The standard InChI is InChI=1S/C24H24ClN3O2S/c1-2-3-11-28-23(30)19(22(29)26-24(28)31)14-16-8-9-21-17(13-16)10-12-27(21)15-18-6-4-5-7-20(18)25/h4-9,13-14H,2-3,10-12,15H2,1H3,(H,26,29,31). The van der Waals surface area contributed by atoms with Crippen LogP contribution in [-0.4, -0.2) is 34.9 Å². The summed E-state index contributed by atoms with van der Waals surface area (Å²) in [5, 5.41) is 3.59. The molecule has 0 aliphatic carbocycles. The average molecular weight is 454 g/mol. The summed E-state index contributed by atoms with van der Waals surface area (Å²) in [4.78, 5) is 29.1. The van der Waals surface area contributed by atoms with E-state index in [1.54, 1.807) is 6.08 Å². The van der Waals surface area contributed by atoms with Crippen LogP contribution < -0.4 is 10.2 Å². The van der Waals surface area contributed by atoms with Gasteiger partial charge in [-0.1, -0.05) is 49.2 Å². The van der Waals surface area contributed by atoms with Crippen LogP contribution in [0.15, 0.2) is 48.0 Å². The number of hydrogen-bond acceptors (Lipinski definition) is 4. The Kier molecular flexibility index (Phi) is 6.39. The van der Waals surface area contributed by atoms with E-state index in [2.05, 4.69) is 22.3 Å². The van der Waals surface area contributed by atoms with Gasteiger partial charge in [0.2, 0.25) is 0 Å². The van der Waals surface area contributed by atoms with E-state index >= 15 is 0 Å². The molecule has 1 N–H and O–H groups in total. The molecule has 5 nitrogen and oxygen atoms in total. The Balaban J connectivity index is 1.56. The highest BCUT2D eigenvalue weighted by Gasteiger charge is 2.33. The van der Waals surface area contributed by atoms with Gasteiger partial charge in [0.15, 0.2) is 5.11 Å². The van der Waals surface area contributed by atoms with Crippen molar-refractivity contribution < 1.29 is 9.59 Å². The zero-order chi connectivity index (χ0) is 22.0. The molecule has 1 fully saturated rings. The molecule has 2 amide bonds. The number of hydrogen-bond donors (Lipinski definition) is 1. The zero-order valence-corrected chi connectivity index (χ0v) is 18.9. The van der Waals surface area contributed by atoms with Gasteiger partial charge in [0.05, 0.1) is 0 Å². The van der Waals surface area contributed by atoms with Gasteiger partial charge >= 0.3 is 0 Å². The van der Waals surface area contributed by atoms with E-state index in [0.29, 0.717) is 6.54 Å². The fourth-order valence-corrected chi connectivity index (χ4v) is 4.42. The Morgan fingerprint density at radius 1 is 1.19 bits per heavy atom. The molecule has 2 aliphatic rings. The zero-order valence-electron chi connectivity index (χ0n) is 17.4. The van der Waals surface area contributed by atoms with E-state index in [-0.39, 0.29) is 16.6 Å². The van der Waals surface area contributed by atoms with Gasteiger partial charge < -0.3 is 4.90 Å². The van der Waals surface area contributed by atoms with Gasteiger partial charge in [-0.3, -0.25) is 19.8 Å². The minimum atomic E-state index is -0.441. The van der Waals surface area contributed by atoms with Crippen molar-refractivity contribution in [3.8, 4) is 0 Å². The van der Waals surface area contributed by atoms with Crippen molar-refractivity contribution in [2.45, 2.75) is 32.7 Å². The SMILES string of the molecule is CCCCN1C(=O)C(=Cc2ccc3c(c2)CCN3Cc2ccccc2Cl)C(=O)NC1=S. The lowest BCUT2D eigenvalue weighted by Gasteiger charge is -2.28. The fourth-order valence-electron chi connectivity index (χ4n) is 3.96. The minimum absolute atomic E-state index is 0.121. The maximum absolute atomic E-state index is 12.9. The van der Waals surface area contributed by atoms with Crippen LogP contribution in [0.2, 0.25) is 5.02 Å². The Labute approximate surface area is 192 Å². The highest BCUT2D eigenvalue weighted by molar-refractivity contribution is 7.80. The first-order chi connectivity index (χ1) is 15.0. The first kappa shape index (κ1) is 21.5. The monoisotopic (exact) mass is 453 g/mol. The molecule has 2 aliphatic heterocycles. The van der Waals surface area contributed by atoms with Crippen LogP contribution in [0.1, 0.15) is 36.5 Å². The number of unbranched alkanes of at least 4 members (excludes halogenated alkanes) is 1. The lowest BCUT2D eigenvalue weighted by molar-refractivity contribution is -0.128. The van der Waals surface area contributed by atoms with Crippen LogP contribution in [0.3, 0.4) is 0 Å². The summed E-state index contributed by atoms with van der Waals surface area (Å²) in [6, 6.07) is 13.9. The highest BCUT2D eigenvalue weighted by atomic mass is 35.5. The summed E-state index contributed by atoms with van der Waals surface area (Å²) < 4.78 is 0. The number of carbonyl (C=O) groups is 2. The number of halogens is 1. The number of anilines is 1. The molecule has 0 bridgehead atoms. The summed E-state index contributed by atoms with van der Waals surface area (Å²) in [6.07, 6.45) is 4.34. The number of thiocarbonyl (C=S) groups is 1. The van der Waals surface area contributed by atoms with E-state index in [0.717, 1.165) is 54.2 Å². The molecule has 2 aromatic carbocycles. The first-order valence-electron chi connectivity index (χ1n) is 10.5. The number of carbonyl (C=O) groups excluding carboxylic acids is 2. The van der Waals surface area contributed by atoms with E-state index in [9.17, 15) is 9.59 Å². The van der Waals surface area contributed by atoms with Crippen LogP contribution in [0, 0.1) is 0 Å². The molecule has 31 heavy (non-hydrogen) atoms. The highest BCUT2D eigenvalue weighted by Crippen LogP contribution is 2.32. The van der Waals surface area contributed by atoms with Crippen molar-refractivity contribution in [3.05, 3.63) is 69.8 Å². The molecule has 0 atom stereocenters. The second-order valence-electron chi connectivity index (χ2n) is 7.78. The fraction of sp³-hybridized carbons (Fsp3) is 0.292. The molecule has 0 spiro atoms. The Morgan fingerprint density at radius 2 is 2.00 bits per heavy atom. The molecule has 1 saturated heterocycles. The van der Waals surface area contributed by atoms with Gasteiger partial charge in [-0.25, -0.2) is 0 Å². The largest absolute Gasteiger partial charge is 0.367 e. The van der Waals surface area contributed by atoms with Crippen LogP contribution in [0.4, 0.5) is 5.69 Å². The van der Waals surface area contributed by atoms with Crippen LogP contribution in [-0.2, 0) is 22.6 Å². The molecule has 0 unspecified atom stereocenters. The summed E-state index contributed by atoms with van der Waals surface area (Å²) in [6.45, 7) is 4.20. The topological polar surface area (TPSA) is 52.7 Å². The van der Waals surface area contributed by atoms with Crippen molar-refractivity contribution >= 4 is 52.5 Å². The Hall–Kier alpha value is -2.70. The van der Waals surface area contributed by atoms with Gasteiger partial charge in [-0.15, -0.1) is 0 Å². The number of amides is 2. The molecule has 2 aromatic rings. The number of nitrogens with zero attached hydrogens (tertiary/aromatic N) is 2. The van der Waals surface area contributed by atoms with Gasteiger partial charge in [0.25, 0.3) is 11.8 Å². The third kappa shape index (κ3) is 4.50. The maximum Gasteiger partial charge on any atom is 0.265 e. The molecule has 0 aromatic heterocycles. The van der Waals surface area contributed by atoms with Crippen molar-refractivity contribution in [1.82, 2.24) is 10.2 Å². The van der Waals surface area contributed by atoms with Crippen molar-refractivity contribution in [1.29, 1.82) is 0 Å².